The third kappa shape index (κ3) is 6.03. The van der Waals surface area contributed by atoms with Gasteiger partial charge in [0.25, 0.3) is 11.8 Å². The van der Waals surface area contributed by atoms with E-state index in [9.17, 15) is 9.59 Å². The van der Waals surface area contributed by atoms with E-state index in [4.69, 9.17) is 17.0 Å². The lowest BCUT2D eigenvalue weighted by Gasteiger charge is -2.15. The number of para-hydroxylation sites is 1. The number of carbonyl (C=O) groups excluding carboxylic acids is 2. The van der Waals surface area contributed by atoms with E-state index < -0.39 is 0 Å². The van der Waals surface area contributed by atoms with Gasteiger partial charge in [-0.2, -0.15) is 0 Å². The maximum atomic E-state index is 12.5. The Hall–Kier alpha value is -2.45. The van der Waals surface area contributed by atoms with Crippen molar-refractivity contribution in [2.75, 3.05) is 11.9 Å². The molecule has 2 amide bonds. The Morgan fingerprint density at radius 2 is 1.86 bits per heavy atom. The first-order chi connectivity index (χ1) is 13.3. The third-order valence-corrected chi connectivity index (χ3v) is 4.38. The number of nitrogens with one attached hydrogen (secondary N) is 3. The van der Waals surface area contributed by atoms with Crippen LogP contribution in [0.5, 0.6) is 5.75 Å². The highest BCUT2D eigenvalue weighted by atomic mass is 79.9. The fourth-order valence-corrected chi connectivity index (χ4v) is 3.07. The molecule has 2 aromatic carbocycles. The lowest BCUT2D eigenvalue weighted by atomic mass is 10.1. The molecule has 0 spiro atoms. The van der Waals surface area contributed by atoms with Crippen LogP contribution >= 0.6 is 28.1 Å². The fraction of sp³-hybridized carbons (Fsp3) is 0.250. The van der Waals surface area contributed by atoms with Gasteiger partial charge in [-0.25, -0.2) is 0 Å². The molecular formula is C20H22BrN3O3S. The van der Waals surface area contributed by atoms with Crippen molar-refractivity contribution in [3.63, 3.8) is 0 Å². The molecular weight excluding hydrogens is 442 g/mol. The largest absolute Gasteiger partial charge is 0.493 e. The number of carbonyl (C=O) groups is 2. The summed E-state index contributed by atoms with van der Waals surface area (Å²) >= 11 is 8.62. The van der Waals surface area contributed by atoms with Crippen LogP contribution in [0.4, 0.5) is 5.69 Å². The molecule has 0 saturated heterocycles. The predicted molar refractivity (Wildman–Crippen MR) is 118 cm³/mol. The molecule has 0 aromatic heterocycles. The van der Waals surface area contributed by atoms with Crippen molar-refractivity contribution in [1.82, 2.24) is 10.6 Å². The van der Waals surface area contributed by atoms with Gasteiger partial charge in [0.2, 0.25) is 0 Å². The smallest absolute Gasteiger partial charge is 0.257 e. The lowest BCUT2D eigenvalue weighted by molar-refractivity contribution is 0.0942. The van der Waals surface area contributed by atoms with E-state index in [1.165, 1.54) is 0 Å². The summed E-state index contributed by atoms with van der Waals surface area (Å²) in [4.78, 5) is 24.8. The van der Waals surface area contributed by atoms with Gasteiger partial charge >= 0.3 is 0 Å². The van der Waals surface area contributed by atoms with Gasteiger partial charge in [0.05, 0.1) is 22.3 Å². The maximum absolute atomic E-state index is 12.5. The minimum Gasteiger partial charge on any atom is -0.493 e. The molecule has 0 heterocycles. The number of hydrogen-bond acceptors (Lipinski definition) is 4. The molecule has 2 aromatic rings. The molecule has 0 bridgehead atoms. The number of benzene rings is 2. The van der Waals surface area contributed by atoms with E-state index in [-0.39, 0.29) is 23.0 Å². The predicted octanol–water partition coefficient (Wildman–Crippen LogP) is 4.11. The van der Waals surface area contributed by atoms with Crippen molar-refractivity contribution in [2.45, 2.75) is 26.8 Å². The van der Waals surface area contributed by atoms with E-state index in [2.05, 4.69) is 31.9 Å². The normalized spacial score (nSPS) is 10.3. The summed E-state index contributed by atoms with van der Waals surface area (Å²) in [6.45, 7) is 6.18. The van der Waals surface area contributed by atoms with Crippen molar-refractivity contribution in [1.29, 1.82) is 0 Å². The first kappa shape index (κ1) is 21.8. The van der Waals surface area contributed by atoms with Crippen LogP contribution in [0.25, 0.3) is 0 Å². The molecule has 28 heavy (non-hydrogen) atoms. The van der Waals surface area contributed by atoms with Crippen LogP contribution < -0.4 is 20.7 Å². The van der Waals surface area contributed by atoms with Gasteiger partial charge in [0.15, 0.2) is 5.11 Å². The second kappa shape index (κ2) is 10.2. The van der Waals surface area contributed by atoms with Crippen molar-refractivity contribution < 1.29 is 14.3 Å². The van der Waals surface area contributed by atoms with E-state index in [0.717, 1.165) is 0 Å². The summed E-state index contributed by atoms with van der Waals surface area (Å²) in [6.07, 6.45) is 0. The molecule has 3 N–H and O–H groups in total. The molecule has 2 rings (SSSR count). The Morgan fingerprint density at radius 1 is 1.14 bits per heavy atom. The summed E-state index contributed by atoms with van der Waals surface area (Å²) in [5.41, 5.74) is 1.38. The van der Waals surface area contributed by atoms with E-state index in [1.54, 1.807) is 42.5 Å². The highest BCUT2D eigenvalue weighted by Gasteiger charge is 2.15. The van der Waals surface area contributed by atoms with Gasteiger partial charge in [-0.1, -0.05) is 12.1 Å². The Morgan fingerprint density at radius 3 is 2.50 bits per heavy atom. The van der Waals surface area contributed by atoms with Gasteiger partial charge in [-0.3, -0.25) is 14.9 Å². The van der Waals surface area contributed by atoms with Gasteiger partial charge < -0.3 is 15.4 Å². The molecule has 8 heteroatoms. The monoisotopic (exact) mass is 463 g/mol. The molecule has 148 valence electrons. The molecule has 0 saturated carbocycles. The van der Waals surface area contributed by atoms with Gasteiger partial charge in [0, 0.05) is 11.6 Å². The standard InChI is InChI=1S/C20H22BrN3O3S/c1-4-27-17-10-9-13(11-15(17)21)18(25)24-20(28)23-16-8-6-5-7-14(16)19(26)22-12(2)3/h5-12H,4H2,1-3H3,(H,22,26)(H2,23,24,25,28). The van der Waals surface area contributed by atoms with Crippen LogP contribution in [-0.2, 0) is 0 Å². The van der Waals surface area contributed by atoms with Gasteiger partial charge in [-0.05, 0) is 79.3 Å². The Bertz CT molecular complexity index is 887. The number of hydrogen-bond donors (Lipinski definition) is 3. The van der Waals surface area contributed by atoms with Crippen LogP contribution in [0.1, 0.15) is 41.5 Å². The molecule has 0 aliphatic carbocycles. The van der Waals surface area contributed by atoms with E-state index in [1.807, 2.05) is 20.8 Å². The van der Waals surface area contributed by atoms with Crippen LogP contribution in [0.15, 0.2) is 46.9 Å². The van der Waals surface area contributed by atoms with E-state index >= 15 is 0 Å². The third-order valence-electron chi connectivity index (χ3n) is 3.56. The van der Waals surface area contributed by atoms with Crippen LogP contribution in [0, 0.1) is 0 Å². The highest BCUT2D eigenvalue weighted by molar-refractivity contribution is 9.10. The Kier molecular flexibility index (Phi) is 7.95. The van der Waals surface area contributed by atoms with Crippen LogP contribution in [0.2, 0.25) is 0 Å². The Balaban J connectivity index is 2.07. The fourth-order valence-electron chi connectivity index (χ4n) is 2.37. The SMILES string of the molecule is CCOc1ccc(C(=O)NC(=S)Nc2ccccc2C(=O)NC(C)C)cc1Br. The average Bonchev–Trinajstić information content (AvgIpc) is 2.63. The highest BCUT2D eigenvalue weighted by Crippen LogP contribution is 2.26. The first-order valence-electron chi connectivity index (χ1n) is 8.76. The number of thiocarbonyl (C=S) groups is 1. The molecule has 0 unspecified atom stereocenters. The summed E-state index contributed by atoms with van der Waals surface area (Å²) < 4.78 is 6.12. The number of anilines is 1. The summed E-state index contributed by atoms with van der Waals surface area (Å²) in [5, 5.41) is 8.46. The molecule has 0 radical (unpaired) electrons. The van der Waals surface area contributed by atoms with E-state index in [0.29, 0.717) is 33.6 Å². The minimum atomic E-state index is -0.370. The zero-order valence-corrected chi connectivity index (χ0v) is 18.2. The van der Waals surface area contributed by atoms with Crippen molar-refractivity contribution in [3.8, 4) is 5.75 Å². The molecule has 0 atom stereocenters. The quantitative estimate of drug-likeness (QED) is 0.561. The number of rotatable bonds is 6. The minimum absolute atomic E-state index is 0.00492. The van der Waals surface area contributed by atoms with Gasteiger partial charge in [-0.15, -0.1) is 0 Å². The topological polar surface area (TPSA) is 79.5 Å². The zero-order chi connectivity index (χ0) is 20.7. The summed E-state index contributed by atoms with van der Waals surface area (Å²) in [5.74, 6) is 0.0675. The second-order valence-electron chi connectivity index (χ2n) is 6.16. The lowest BCUT2D eigenvalue weighted by Crippen LogP contribution is -2.35. The average molecular weight is 464 g/mol. The second-order valence-corrected chi connectivity index (χ2v) is 7.42. The van der Waals surface area contributed by atoms with Crippen molar-refractivity contribution >= 4 is 50.8 Å². The van der Waals surface area contributed by atoms with Crippen molar-refractivity contribution in [2.24, 2.45) is 0 Å². The number of halogens is 1. The molecule has 0 aliphatic heterocycles. The Labute approximate surface area is 178 Å². The zero-order valence-electron chi connectivity index (χ0n) is 15.8. The number of ether oxygens (including phenoxy) is 1. The maximum Gasteiger partial charge on any atom is 0.257 e. The van der Waals surface area contributed by atoms with Crippen molar-refractivity contribution in [3.05, 3.63) is 58.1 Å². The van der Waals surface area contributed by atoms with Gasteiger partial charge in [0.1, 0.15) is 5.75 Å². The summed E-state index contributed by atoms with van der Waals surface area (Å²) in [7, 11) is 0. The molecule has 0 aliphatic rings. The summed E-state index contributed by atoms with van der Waals surface area (Å²) in [6, 6.07) is 12.0. The molecule has 0 fully saturated rings. The van der Waals surface area contributed by atoms with Crippen LogP contribution in [-0.4, -0.2) is 29.6 Å². The number of amides is 2. The van der Waals surface area contributed by atoms with Crippen LogP contribution in [0.3, 0.4) is 0 Å². The molecule has 6 nitrogen and oxygen atoms in total. The first-order valence-corrected chi connectivity index (χ1v) is 9.96.